The number of rotatable bonds is 48. The number of unbranched alkanes of at least 4 members (excludes halogenated alkanes) is 12. The second kappa shape index (κ2) is 32.0. The topological polar surface area (TPSA) is 111 Å². The minimum atomic E-state index is -5.39. The number of hydrogen-bond donors (Lipinski definition) is 0. The van der Waals surface area contributed by atoms with E-state index >= 15 is 0 Å². The van der Waals surface area contributed by atoms with Gasteiger partial charge in [-0.25, -0.2) is 0 Å². The van der Waals surface area contributed by atoms with Crippen LogP contribution in [0.3, 0.4) is 0 Å². The number of benzene rings is 8. The molecule has 0 aliphatic carbocycles. The van der Waals surface area contributed by atoms with Gasteiger partial charge in [-0.3, -0.25) is 0 Å². The molecule has 14 rings (SSSR count). The molecule has 0 amide bonds. The van der Waals surface area contributed by atoms with E-state index in [4.69, 9.17) is 56.8 Å². The molecule has 0 atom stereocenters. The van der Waals surface area contributed by atoms with Gasteiger partial charge in [0, 0.05) is 0 Å². The molecule has 0 radical (unpaired) electrons. The van der Waals surface area contributed by atoms with Crippen molar-refractivity contribution in [2.24, 2.45) is 0 Å². The molecule has 101 heavy (non-hydrogen) atoms. The summed E-state index contributed by atoms with van der Waals surface area (Å²) in [4.78, 5) is 0. The molecular weight excluding hydrogens is 1400 g/mol. The normalized spacial score (nSPS) is 13.3. The second-order valence-corrected chi connectivity index (χ2v) is 39.6. The predicted molar refractivity (Wildman–Crippen MR) is 433 cm³/mol. The number of thiophene rings is 4. The molecule has 8 aromatic carbocycles. The van der Waals surface area contributed by atoms with Crippen molar-refractivity contribution in [2.75, 3.05) is 79.3 Å². The fourth-order valence-corrected chi connectivity index (χ4v) is 33.8. The molecule has 1 spiro atoms. The van der Waals surface area contributed by atoms with E-state index in [1.807, 2.05) is 0 Å². The molecule has 0 N–H and O–H groups in total. The van der Waals surface area contributed by atoms with E-state index in [-0.39, 0.29) is 0 Å². The van der Waals surface area contributed by atoms with Crippen LogP contribution in [0.25, 0.3) is 102 Å². The van der Waals surface area contributed by atoms with Gasteiger partial charge in [0.2, 0.25) is 0 Å². The third-order valence-corrected chi connectivity index (χ3v) is 35.9. The van der Waals surface area contributed by atoms with E-state index in [1.54, 1.807) is 45.3 Å². The average Bonchev–Trinajstić information content (AvgIpc) is 1.44. The summed E-state index contributed by atoms with van der Waals surface area (Å²) in [6.07, 6.45) is 22.2. The Kier molecular flexibility index (Phi) is 22.9. The molecule has 544 valence electrons. The van der Waals surface area contributed by atoms with Crippen molar-refractivity contribution in [1.82, 2.24) is 0 Å². The summed E-state index contributed by atoms with van der Waals surface area (Å²) in [5.41, 5.74) is 0. The summed E-state index contributed by atoms with van der Waals surface area (Å²) in [6.45, 7) is 33.4. The van der Waals surface area contributed by atoms with E-state index in [0.29, 0.717) is 79.3 Å². The summed E-state index contributed by atoms with van der Waals surface area (Å²) in [6, 6.07) is 0. The second-order valence-electron chi connectivity index (χ2n) is 28.2. The van der Waals surface area contributed by atoms with Gasteiger partial charge in [0.15, 0.2) is 0 Å². The van der Waals surface area contributed by atoms with Crippen LogP contribution in [-0.2, 0) is 0 Å². The van der Waals surface area contributed by atoms with Crippen LogP contribution in [0.15, 0.2) is 0 Å². The first-order valence-corrected chi connectivity index (χ1v) is 47.0. The molecule has 0 bridgehead atoms. The Bertz CT molecular complexity index is 4220. The molecule has 2 aliphatic rings. The quantitative estimate of drug-likeness (QED) is 0.0206. The zero-order valence-corrected chi connectivity index (χ0v) is 67.9. The Morgan fingerprint density at radius 2 is 0.287 bits per heavy atom. The fourth-order valence-electron chi connectivity index (χ4n) is 15.7. The summed E-state index contributed by atoms with van der Waals surface area (Å²) in [7, 11) is 0. The standard InChI is InChI=1S/C84H108GeO12S4/c1-13-25-37-86-65-61-49-50-54-58-57-53(49)77(69(65)90-41-29-17-5)98-81(57)73(94-45-33-21-9)74(95-46-34-22-10)82(58)99-78(54)70(91-42-30-18-6)66(87-38-26-14-2)62(50)85(61)63-51-52-56-60-59-55(51)79(71(92-43-31-19-7)67(63)88-39-27-15-3)100-83(59)75(96-47-35-23-11)76(97-48-36-24-12)84(60)101-80(56)72(93-44-32-20-8)68(64(52)85)89-40-28-16-4/h13-48H2,1-12H3. The van der Waals surface area contributed by atoms with Gasteiger partial charge in [0.05, 0.1) is 0 Å². The van der Waals surface area contributed by atoms with Crippen LogP contribution in [0.1, 0.15) is 237 Å². The molecule has 0 unspecified atom stereocenters. The zero-order valence-electron chi connectivity index (χ0n) is 62.5. The first-order valence-electron chi connectivity index (χ1n) is 39.5. The van der Waals surface area contributed by atoms with Crippen molar-refractivity contribution in [1.29, 1.82) is 0 Å². The van der Waals surface area contributed by atoms with E-state index in [2.05, 4.69) is 83.1 Å². The Balaban J connectivity index is 1.32. The zero-order chi connectivity index (χ0) is 70.1. The van der Waals surface area contributed by atoms with Crippen LogP contribution < -0.4 is 74.4 Å². The van der Waals surface area contributed by atoms with Crippen molar-refractivity contribution in [3.05, 3.63) is 0 Å². The Morgan fingerprint density at radius 1 is 0.168 bits per heavy atom. The van der Waals surface area contributed by atoms with Gasteiger partial charge < -0.3 is 0 Å². The van der Waals surface area contributed by atoms with Crippen LogP contribution in [0.4, 0.5) is 0 Å². The third-order valence-electron chi connectivity index (χ3n) is 20.9. The van der Waals surface area contributed by atoms with Gasteiger partial charge in [-0.15, -0.1) is 0 Å². The summed E-state index contributed by atoms with van der Waals surface area (Å²) >= 11 is 1.84. The van der Waals surface area contributed by atoms with Crippen LogP contribution in [0, 0.1) is 0 Å². The van der Waals surface area contributed by atoms with E-state index in [1.165, 1.54) is 82.2 Å². The summed E-state index contributed by atoms with van der Waals surface area (Å²) in [5.74, 6) is 9.81. The van der Waals surface area contributed by atoms with Crippen molar-refractivity contribution in [3.8, 4) is 69.0 Å². The molecular formula is C84H108GeO12S4. The Morgan fingerprint density at radius 3 is 0.426 bits per heavy atom. The molecule has 6 heterocycles. The van der Waals surface area contributed by atoms with Crippen LogP contribution in [0.5, 0.6) is 69.0 Å². The Labute approximate surface area is 616 Å². The van der Waals surface area contributed by atoms with Crippen molar-refractivity contribution >= 4 is 178 Å². The minimum absolute atomic E-state index is 0.491. The summed E-state index contributed by atoms with van der Waals surface area (Å²) in [5, 5.41) is 14.5. The Hall–Kier alpha value is -5.66. The average molecular weight is 1510 g/mol. The van der Waals surface area contributed by atoms with E-state index in [0.717, 1.165) is 261 Å². The first kappa shape index (κ1) is 72.3. The third kappa shape index (κ3) is 11.7. The van der Waals surface area contributed by atoms with Crippen molar-refractivity contribution in [2.45, 2.75) is 237 Å². The van der Waals surface area contributed by atoms with Crippen LogP contribution >= 0.6 is 45.3 Å². The fraction of sp³-hybridized carbons (Fsp3) is 0.571. The van der Waals surface area contributed by atoms with Crippen molar-refractivity contribution in [3.63, 3.8) is 0 Å². The predicted octanol–water partition coefficient (Wildman–Crippen LogP) is 23.4. The molecule has 4 aromatic heterocycles. The molecule has 17 heteroatoms. The molecule has 12 nitrogen and oxygen atoms in total. The van der Waals surface area contributed by atoms with Crippen LogP contribution in [-0.4, -0.2) is 92.5 Å². The molecule has 0 saturated heterocycles. The number of fused-ring (bicyclic) bond motifs is 4. The van der Waals surface area contributed by atoms with E-state index in [9.17, 15) is 0 Å². The van der Waals surface area contributed by atoms with Gasteiger partial charge >= 0.3 is 621 Å². The molecule has 0 saturated carbocycles. The van der Waals surface area contributed by atoms with Crippen molar-refractivity contribution < 1.29 is 56.8 Å². The maximum atomic E-state index is 8.05. The maximum absolute atomic E-state index is 8.05. The van der Waals surface area contributed by atoms with Gasteiger partial charge in [0.25, 0.3) is 0 Å². The molecule has 12 aromatic rings. The monoisotopic (exact) mass is 1510 g/mol. The molecule has 0 fully saturated rings. The number of hydrogen-bond acceptors (Lipinski definition) is 16. The first-order chi connectivity index (χ1) is 49.8. The summed E-state index contributed by atoms with van der Waals surface area (Å²) < 4.78 is 106. The van der Waals surface area contributed by atoms with Gasteiger partial charge in [-0.2, -0.15) is 0 Å². The number of ether oxygens (including phenoxy) is 12. The van der Waals surface area contributed by atoms with Gasteiger partial charge in [-0.1, -0.05) is 0 Å². The molecule has 2 aliphatic heterocycles. The SMILES string of the molecule is CCCCOc1c(OCCCC)c2sc3c(OCCCC)c(OCCCC)c4sc5c(OCCCC)c(OCCCC)[c]6c7c([c]1[Ge]61[c]6c(OCCCC)c(OCCCC)c8sc9c(OCCCC)c(OCCCC)c%10sc%11c(OCCCC)c(OCCCC)[c]1c1c6c8c9c%10c%111)c2c3c4c57. The van der Waals surface area contributed by atoms with Gasteiger partial charge in [0.1, 0.15) is 0 Å². The van der Waals surface area contributed by atoms with Crippen LogP contribution in [0.2, 0.25) is 0 Å². The van der Waals surface area contributed by atoms with Gasteiger partial charge in [-0.05, 0) is 0 Å². The van der Waals surface area contributed by atoms with E-state index < -0.39 is 13.3 Å².